The summed E-state index contributed by atoms with van der Waals surface area (Å²) in [6.07, 6.45) is -0.871. The summed E-state index contributed by atoms with van der Waals surface area (Å²) in [5.41, 5.74) is 1.81. The van der Waals surface area contributed by atoms with Crippen molar-refractivity contribution in [1.82, 2.24) is 25.4 Å². The Morgan fingerprint density at radius 3 is 2.12 bits per heavy atom. The summed E-state index contributed by atoms with van der Waals surface area (Å²) in [5, 5.41) is 9.22. The molecule has 0 saturated carbocycles. The molecule has 0 aliphatic heterocycles. The highest BCUT2D eigenvalue weighted by atomic mass is 19.1. The van der Waals surface area contributed by atoms with E-state index in [2.05, 4.69) is 20.7 Å². The summed E-state index contributed by atoms with van der Waals surface area (Å²) in [5.74, 6) is -1.09. The number of carbonyl (C=O) groups excluding carboxylic acids is 3. The number of nitrogens with one attached hydrogen (secondary N) is 2. The fourth-order valence-electron chi connectivity index (χ4n) is 3.82. The van der Waals surface area contributed by atoms with Gasteiger partial charge >= 0.3 is 12.1 Å². The van der Waals surface area contributed by atoms with E-state index in [0.29, 0.717) is 17.3 Å². The summed E-state index contributed by atoms with van der Waals surface area (Å²) < 4.78 is 26.4. The standard InChI is InChI=1S/C29H28FN5O5/c1-19-32-20(2)35(34-19)25-14-23(13-24(30)15-25)27(36)31-16-26(28(37)39-17-21-9-5-3-6-10-21)33-29(38)40-18-22-11-7-4-8-12-22/h3-15,26H,16-18H2,1-2H3,(H,31,36)(H,33,38)/t26-/m1/s1. The van der Waals surface area contributed by atoms with E-state index >= 15 is 0 Å². The van der Waals surface area contributed by atoms with E-state index in [1.165, 1.54) is 16.8 Å². The number of ether oxygens (including phenoxy) is 2. The van der Waals surface area contributed by atoms with Crippen LogP contribution in [0.2, 0.25) is 0 Å². The second-order valence-corrected chi connectivity index (χ2v) is 8.88. The average molecular weight is 546 g/mol. The minimum absolute atomic E-state index is 0.00869. The zero-order chi connectivity index (χ0) is 28.5. The molecular weight excluding hydrogens is 517 g/mol. The lowest BCUT2D eigenvalue weighted by Gasteiger charge is -2.18. The van der Waals surface area contributed by atoms with Gasteiger partial charge in [0.05, 0.1) is 5.69 Å². The third-order valence-corrected chi connectivity index (χ3v) is 5.74. The first kappa shape index (κ1) is 28.0. The molecule has 4 aromatic rings. The van der Waals surface area contributed by atoms with Crippen LogP contribution in [0.25, 0.3) is 5.69 Å². The number of alkyl carbamates (subject to hydrolysis) is 1. The predicted molar refractivity (Wildman–Crippen MR) is 143 cm³/mol. The highest BCUT2D eigenvalue weighted by Crippen LogP contribution is 2.15. The van der Waals surface area contributed by atoms with E-state index in [4.69, 9.17) is 9.47 Å². The van der Waals surface area contributed by atoms with Gasteiger partial charge in [-0.15, -0.1) is 0 Å². The number of esters is 1. The van der Waals surface area contributed by atoms with Crippen molar-refractivity contribution in [3.8, 4) is 5.69 Å². The molecule has 2 N–H and O–H groups in total. The summed E-state index contributed by atoms with van der Waals surface area (Å²) >= 11 is 0. The smallest absolute Gasteiger partial charge is 0.408 e. The first-order valence-electron chi connectivity index (χ1n) is 12.5. The molecule has 1 aromatic heterocycles. The molecule has 4 rings (SSSR count). The number of nitrogens with zero attached hydrogens (tertiary/aromatic N) is 3. The second-order valence-electron chi connectivity index (χ2n) is 8.88. The van der Waals surface area contributed by atoms with E-state index in [1.807, 2.05) is 12.1 Å². The fraction of sp³-hybridized carbons (Fsp3) is 0.207. The normalized spacial score (nSPS) is 11.4. The van der Waals surface area contributed by atoms with Crippen molar-refractivity contribution in [2.24, 2.45) is 0 Å². The van der Waals surface area contributed by atoms with Crippen LogP contribution in [0.1, 0.15) is 33.1 Å². The number of benzene rings is 3. The number of hydrogen-bond acceptors (Lipinski definition) is 7. The molecule has 2 amide bonds. The quantitative estimate of drug-likeness (QED) is 0.291. The van der Waals surface area contributed by atoms with Crippen LogP contribution in [-0.2, 0) is 27.5 Å². The Bertz CT molecular complexity index is 1480. The van der Waals surface area contributed by atoms with Gasteiger partial charge in [-0.2, -0.15) is 5.10 Å². The summed E-state index contributed by atoms with van der Waals surface area (Å²) in [6, 6.07) is 20.5. The van der Waals surface area contributed by atoms with E-state index < -0.39 is 29.8 Å². The van der Waals surface area contributed by atoms with Gasteiger partial charge in [-0.05, 0) is 43.2 Å². The van der Waals surface area contributed by atoms with Crippen LogP contribution < -0.4 is 10.6 Å². The number of rotatable bonds is 10. The molecule has 10 nitrogen and oxygen atoms in total. The van der Waals surface area contributed by atoms with Crippen LogP contribution >= 0.6 is 0 Å². The molecular formula is C29H28FN5O5. The highest BCUT2D eigenvalue weighted by molar-refractivity contribution is 5.95. The summed E-state index contributed by atoms with van der Waals surface area (Å²) in [6.45, 7) is 3.02. The van der Waals surface area contributed by atoms with Crippen molar-refractivity contribution in [3.05, 3.63) is 113 Å². The van der Waals surface area contributed by atoms with E-state index in [1.54, 1.807) is 62.4 Å². The zero-order valence-electron chi connectivity index (χ0n) is 22.0. The molecule has 11 heteroatoms. The van der Waals surface area contributed by atoms with Gasteiger partial charge in [-0.1, -0.05) is 60.7 Å². The van der Waals surface area contributed by atoms with E-state index in [9.17, 15) is 18.8 Å². The molecule has 0 bridgehead atoms. The molecule has 1 heterocycles. The van der Waals surface area contributed by atoms with Crippen LogP contribution in [0.4, 0.5) is 9.18 Å². The number of aromatic nitrogens is 3. The van der Waals surface area contributed by atoms with E-state index in [-0.39, 0.29) is 25.3 Å². The summed E-state index contributed by atoms with van der Waals surface area (Å²) in [7, 11) is 0. The number of halogens is 1. The predicted octanol–water partition coefficient (Wildman–Crippen LogP) is 3.79. The Hall–Kier alpha value is -5.06. The van der Waals surface area contributed by atoms with Crippen molar-refractivity contribution in [1.29, 1.82) is 0 Å². The number of hydrogen-bond donors (Lipinski definition) is 2. The van der Waals surface area contributed by atoms with Crippen molar-refractivity contribution in [2.75, 3.05) is 6.54 Å². The Morgan fingerprint density at radius 2 is 1.52 bits per heavy atom. The van der Waals surface area contributed by atoms with Gasteiger partial charge in [0.2, 0.25) is 0 Å². The lowest BCUT2D eigenvalue weighted by atomic mass is 10.1. The maximum Gasteiger partial charge on any atom is 0.408 e. The molecule has 0 spiro atoms. The van der Waals surface area contributed by atoms with Crippen LogP contribution in [-0.4, -0.2) is 45.3 Å². The average Bonchev–Trinajstić information content (AvgIpc) is 3.31. The maximum absolute atomic E-state index is 14.4. The summed E-state index contributed by atoms with van der Waals surface area (Å²) in [4.78, 5) is 42.5. The van der Waals surface area contributed by atoms with Gasteiger partial charge in [0, 0.05) is 12.1 Å². The van der Waals surface area contributed by atoms with E-state index in [0.717, 1.165) is 17.2 Å². The Morgan fingerprint density at radius 1 is 0.900 bits per heavy atom. The fourth-order valence-corrected chi connectivity index (χ4v) is 3.82. The van der Waals surface area contributed by atoms with Crippen LogP contribution in [0.15, 0.2) is 78.9 Å². The zero-order valence-corrected chi connectivity index (χ0v) is 22.0. The molecule has 0 saturated heterocycles. The molecule has 0 radical (unpaired) electrons. The minimum atomic E-state index is -1.27. The van der Waals surface area contributed by atoms with Gasteiger partial charge in [0.1, 0.15) is 36.7 Å². The molecule has 0 aliphatic rings. The number of amides is 2. The van der Waals surface area contributed by atoms with Crippen LogP contribution in [0, 0.1) is 19.7 Å². The first-order valence-corrected chi connectivity index (χ1v) is 12.5. The van der Waals surface area contributed by atoms with Gasteiger partial charge in [0.15, 0.2) is 0 Å². The number of carbonyl (C=O) groups is 3. The monoisotopic (exact) mass is 545 g/mol. The van der Waals surface area contributed by atoms with Gasteiger partial charge in [-0.3, -0.25) is 4.79 Å². The lowest BCUT2D eigenvalue weighted by molar-refractivity contribution is -0.147. The number of aryl methyl sites for hydroxylation is 2. The second kappa shape index (κ2) is 13.1. The van der Waals surface area contributed by atoms with Gasteiger partial charge in [-0.25, -0.2) is 23.6 Å². The molecule has 206 valence electrons. The maximum atomic E-state index is 14.4. The molecule has 0 fully saturated rings. The van der Waals surface area contributed by atoms with Crippen molar-refractivity contribution >= 4 is 18.0 Å². The third-order valence-electron chi connectivity index (χ3n) is 5.74. The topological polar surface area (TPSA) is 124 Å². The van der Waals surface area contributed by atoms with Gasteiger partial charge in [0.25, 0.3) is 5.91 Å². The Labute approximate surface area is 230 Å². The van der Waals surface area contributed by atoms with Gasteiger partial charge < -0.3 is 20.1 Å². The van der Waals surface area contributed by atoms with Crippen molar-refractivity contribution < 1.29 is 28.2 Å². The van der Waals surface area contributed by atoms with Crippen LogP contribution in [0.3, 0.4) is 0 Å². The lowest BCUT2D eigenvalue weighted by Crippen LogP contribution is -2.49. The molecule has 1 atom stereocenters. The third kappa shape index (κ3) is 7.73. The van der Waals surface area contributed by atoms with Crippen molar-refractivity contribution in [2.45, 2.75) is 33.1 Å². The Kier molecular flexibility index (Phi) is 9.19. The largest absolute Gasteiger partial charge is 0.459 e. The molecule has 40 heavy (non-hydrogen) atoms. The Balaban J connectivity index is 1.44. The minimum Gasteiger partial charge on any atom is -0.459 e. The molecule has 3 aromatic carbocycles. The highest BCUT2D eigenvalue weighted by Gasteiger charge is 2.25. The first-order chi connectivity index (χ1) is 19.3. The van der Waals surface area contributed by atoms with Crippen LogP contribution in [0.5, 0.6) is 0 Å². The molecule has 0 aliphatic carbocycles. The molecule has 0 unspecified atom stereocenters. The van der Waals surface area contributed by atoms with Crippen molar-refractivity contribution in [3.63, 3.8) is 0 Å². The SMILES string of the molecule is Cc1nc(C)n(-c2cc(F)cc(C(=O)NC[C@@H](NC(=O)OCc3ccccc3)C(=O)OCc3ccccc3)c2)n1.